The molecule has 0 aliphatic carbocycles. The number of fused-ring (bicyclic) bond motifs is 1. The molecule has 0 atom stereocenters. The fourth-order valence-electron chi connectivity index (χ4n) is 1.31. The number of hydrogen-bond donors (Lipinski definition) is 0. The van der Waals surface area contributed by atoms with Gasteiger partial charge in [0.1, 0.15) is 0 Å². The van der Waals surface area contributed by atoms with Crippen LogP contribution in [0.3, 0.4) is 0 Å². The Balaban J connectivity index is 2.17. The van der Waals surface area contributed by atoms with E-state index in [1.807, 2.05) is 30.6 Å². The number of carbonyl (C=O) groups excluding carboxylic acids is 1. The molecule has 2 heterocycles. The van der Waals surface area contributed by atoms with E-state index in [9.17, 15) is 4.79 Å². The predicted octanol–water partition coefficient (Wildman–Crippen LogP) is 2.52. The van der Waals surface area contributed by atoms with Crippen molar-refractivity contribution in [2.75, 3.05) is 6.61 Å². The second-order valence-electron chi connectivity index (χ2n) is 4.15. The lowest BCUT2D eigenvalue weighted by molar-refractivity contribution is 0.0453. The summed E-state index contributed by atoms with van der Waals surface area (Å²) in [5.74, 6) is -0.00146. The zero-order valence-corrected chi connectivity index (χ0v) is 10.4. The SMILES string of the molecule is Cc1csc2nc(C(=O)OCC(C)C)cn12. The van der Waals surface area contributed by atoms with E-state index in [1.165, 1.54) is 11.3 Å². The molecule has 0 saturated heterocycles. The van der Waals surface area contributed by atoms with Gasteiger partial charge in [-0.3, -0.25) is 4.40 Å². The standard InChI is InChI=1S/C11H14N2O2S/c1-7(2)5-15-10(14)9-4-13-8(3)6-16-11(13)12-9/h4,6-7H,5H2,1-3H3. The minimum atomic E-state index is -0.344. The van der Waals surface area contributed by atoms with Crippen LogP contribution in [0.1, 0.15) is 30.0 Å². The molecule has 0 radical (unpaired) electrons. The summed E-state index contributed by atoms with van der Waals surface area (Å²) in [6, 6.07) is 0. The average molecular weight is 238 g/mol. The number of aryl methyl sites for hydroxylation is 1. The Morgan fingerprint density at radius 2 is 2.38 bits per heavy atom. The fraction of sp³-hybridized carbons (Fsp3) is 0.455. The van der Waals surface area contributed by atoms with E-state index in [1.54, 1.807) is 6.20 Å². The Morgan fingerprint density at radius 1 is 1.62 bits per heavy atom. The molecule has 16 heavy (non-hydrogen) atoms. The van der Waals surface area contributed by atoms with Gasteiger partial charge in [-0.1, -0.05) is 13.8 Å². The molecule has 5 heteroatoms. The van der Waals surface area contributed by atoms with Gasteiger partial charge in [-0.25, -0.2) is 9.78 Å². The van der Waals surface area contributed by atoms with Crippen LogP contribution in [-0.2, 0) is 4.74 Å². The lowest BCUT2D eigenvalue weighted by Gasteiger charge is -2.04. The van der Waals surface area contributed by atoms with Gasteiger partial charge in [0.15, 0.2) is 10.7 Å². The summed E-state index contributed by atoms with van der Waals surface area (Å²) in [6.45, 7) is 6.42. The maximum absolute atomic E-state index is 11.6. The van der Waals surface area contributed by atoms with Crippen molar-refractivity contribution in [3.8, 4) is 0 Å². The van der Waals surface area contributed by atoms with Crippen LogP contribution in [0.2, 0.25) is 0 Å². The number of hydrogen-bond acceptors (Lipinski definition) is 4. The van der Waals surface area contributed by atoms with E-state index in [2.05, 4.69) is 4.98 Å². The number of carbonyl (C=O) groups is 1. The largest absolute Gasteiger partial charge is 0.461 e. The Morgan fingerprint density at radius 3 is 3.00 bits per heavy atom. The molecule has 0 aliphatic rings. The number of nitrogens with zero attached hydrogens (tertiary/aromatic N) is 2. The highest BCUT2D eigenvalue weighted by Crippen LogP contribution is 2.16. The number of thiazole rings is 1. The molecule has 0 aromatic carbocycles. The van der Waals surface area contributed by atoms with Gasteiger partial charge in [0, 0.05) is 17.3 Å². The van der Waals surface area contributed by atoms with Gasteiger partial charge in [-0.05, 0) is 12.8 Å². The van der Waals surface area contributed by atoms with Crippen LogP contribution in [0.25, 0.3) is 4.96 Å². The third kappa shape index (κ3) is 2.09. The van der Waals surface area contributed by atoms with Crippen molar-refractivity contribution in [3.05, 3.63) is 23.0 Å². The van der Waals surface area contributed by atoms with Crippen molar-refractivity contribution in [2.24, 2.45) is 5.92 Å². The summed E-state index contributed by atoms with van der Waals surface area (Å²) in [4.78, 5) is 16.7. The second-order valence-corrected chi connectivity index (χ2v) is 4.98. The van der Waals surface area contributed by atoms with Crippen molar-refractivity contribution >= 4 is 22.3 Å². The summed E-state index contributed by atoms with van der Waals surface area (Å²) < 4.78 is 7.02. The van der Waals surface area contributed by atoms with E-state index < -0.39 is 0 Å². The normalized spacial score (nSPS) is 11.2. The number of esters is 1. The van der Waals surface area contributed by atoms with E-state index in [0.29, 0.717) is 18.2 Å². The molecule has 0 N–H and O–H groups in total. The van der Waals surface area contributed by atoms with Crippen LogP contribution in [0.15, 0.2) is 11.6 Å². The zero-order valence-electron chi connectivity index (χ0n) is 9.56. The summed E-state index contributed by atoms with van der Waals surface area (Å²) >= 11 is 1.52. The molecule has 0 amide bonds. The molecule has 2 aromatic heterocycles. The molecule has 4 nitrogen and oxygen atoms in total. The first kappa shape index (κ1) is 11.1. The Kier molecular flexibility index (Phi) is 2.96. The first-order valence-electron chi connectivity index (χ1n) is 5.18. The molecule has 2 aromatic rings. The molecule has 0 saturated carbocycles. The minimum absolute atomic E-state index is 0.342. The van der Waals surface area contributed by atoms with Crippen LogP contribution in [0.5, 0.6) is 0 Å². The lowest BCUT2D eigenvalue weighted by Crippen LogP contribution is -2.10. The first-order valence-corrected chi connectivity index (χ1v) is 6.06. The monoisotopic (exact) mass is 238 g/mol. The molecular formula is C11H14N2O2S. The van der Waals surface area contributed by atoms with Gasteiger partial charge >= 0.3 is 5.97 Å². The quantitative estimate of drug-likeness (QED) is 0.772. The Labute approximate surface area is 97.9 Å². The minimum Gasteiger partial charge on any atom is -0.461 e. The lowest BCUT2D eigenvalue weighted by atomic mass is 10.2. The smallest absolute Gasteiger partial charge is 0.358 e. The average Bonchev–Trinajstić information content (AvgIpc) is 2.78. The van der Waals surface area contributed by atoms with E-state index >= 15 is 0 Å². The van der Waals surface area contributed by atoms with Gasteiger partial charge < -0.3 is 4.74 Å². The summed E-state index contributed by atoms with van der Waals surface area (Å²) in [6.07, 6.45) is 1.73. The molecule has 0 unspecified atom stereocenters. The molecule has 2 rings (SSSR count). The highest BCUT2D eigenvalue weighted by Gasteiger charge is 2.14. The Bertz CT molecular complexity index is 513. The van der Waals surface area contributed by atoms with Gasteiger partial charge in [-0.15, -0.1) is 11.3 Å². The van der Waals surface area contributed by atoms with Crippen LogP contribution in [0, 0.1) is 12.8 Å². The fourth-order valence-corrected chi connectivity index (χ4v) is 2.16. The third-order valence-corrected chi connectivity index (χ3v) is 3.10. The molecular weight excluding hydrogens is 224 g/mol. The third-order valence-electron chi connectivity index (χ3n) is 2.15. The maximum Gasteiger partial charge on any atom is 0.358 e. The summed E-state index contributed by atoms with van der Waals surface area (Å²) in [7, 11) is 0. The van der Waals surface area contributed by atoms with Crippen molar-refractivity contribution in [2.45, 2.75) is 20.8 Å². The van der Waals surface area contributed by atoms with E-state index in [0.717, 1.165) is 10.7 Å². The predicted molar refractivity (Wildman–Crippen MR) is 62.9 cm³/mol. The second kappa shape index (κ2) is 4.25. The van der Waals surface area contributed by atoms with Crippen molar-refractivity contribution in [1.82, 2.24) is 9.38 Å². The zero-order chi connectivity index (χ0) is 11.7. The summed E-state index contributed by atoms with van der Waals surface area (Å²) in [5, 5.41) is 2.01. The molecule has 0 bridgehead atoms. The number of imidazole rings is 1. The maximum atomic E-state index is 11.6. The Hall–Kier alpha value is -1.36. The van der Waals surface area contributed by atoms with Gasteiger partial charge in [0.2, 0.25) is 0 Å². The van der Waals surface area contributed by atoms with Gasteiger partial charge in [-0.2, -0.15) is 0 Å². The highest BCUT2D eigenvalue weighted by molar-refractivity contribution is 7.15. The topological polar surface area (TPSA) is 43.6 Å². The molecule has 0 fully saturated rings. The van der Waals surface area contributed by atoms with Crippen molar-refractivity contribution in [1.29, 1.82) is 0 Å². The van der Waals surface area contributed by atoms with E-state index in [-0.39, 0.29) is 5.97 Å². The first-order chi connectivity index (χ1) is 7.58. The van der Waals surface area contributed by atoms with Crippen LogP contribution >= 0.6 is 11.3 Å². The highest BCUT2D eigenvalue weighted by atomic mass is 32.1. The van der Waals surface area contributed by atoms with Gasteiger partial charge in [0.05, 0.1) is 6.61 Å². The van der Waals surface area contributed by atoms with Crippen molar-refractivity contribution < 1.29 is 9.53 Å². The van der Waals surface area contributed by atoms with Gasteiger partial charge in [0.25, 0.3) is 0 Å². The summed E-state index contributed by atoms with van der Waals surface area (Å²) in [5.41, 5.74) is 1.46. The van der Waals surface area contributed by atoms with Crippen molar-refractivity contribution in [3.63, 3.8) is 0 Å². The van der Waals surface area contributed by atoms with Crippen LogP contribution < -0.4 is 0 Å². The molecule has 86 valence electrons. The van der Waals surface area contributed by atoms with E-state index in [4.69, 9.17) is 4.74 Å². The molecule has 0 aliphatic heterocycles. The van der Waals surface area contributed by atoms with Crippen LogP contribution in [-0.4, -0.2) is 22.0 Å². The molecule has 0 spiro atoms. The number of rotatable bonds is 3. The van der Waals surface area contributed by atoms with Crippen LogP contribution in [0.4, 0.5) is 0 Å². The number of aromatic nitrogens is 2. The number of ether oxygens (including phenoxy) is 1.